The fourth-order valence-electron chi connectivity index (χ4n) is 2.52. The maximum atomic E-state index is 6.14. The largest absolute Gasteiger partial charge is 0.496 e. The molecule has 0 aliphatic heterocycles. The summed E-state index contributed by atoms with van der Waals surface area (Å²) < 4.78 is 5.43. The Hall–Kier alpha value is -1.02. The molecular formula is C14H21NO. The first-order chi connectivity index (χ1) is 7.52. The third-order valence-corrected chi connectivity index (χ3v) is 3.95. The van der Waals surface area contributed by atoms with Gasteiger partial charge in [-0.2, -0.15) is 0 Å². The molecule has 2 nitrogen and oxygen atoms in total. The van der Waals surface area contributed by atoms with Gasteiger partial charge in [0.15, 0.2) is 0 Å². The zero-order valence-electron chi connectivity index (χ0n) is 10.6. The van der Waals surface area contributed by atoms with Crippen LogP contribution in [0.1, 0.15) is 37.8 Å². The van der Waals surface area contributed by atoms with E-state index in [1.165, 1.54) is 11.1 Å². The Labute approximate surface area is 97.8 Å². The fraction of sp³-hybridized carbons (Fsp3) is 0.571. The van der Waals surface area contributed by atoms with E-state index in [-0.39, 0.29) is 11.5 Å². The molecule has 0 heterocycles. The molecule has 2 rings (SSSR count). The van der Waals surface area contributed by atoms with Crippen molar-refractivity contribution in [2.45, 2.75) is 39.2 Å². The predicted molar refractivity (Wildman–Crippen MR) is 66.9 cm³/mol. The van der Waals surface area contributed by atoms with Gasteiger partial charge in [-0.3, -0.25) is 0 Å². The standard InChI is InChI=1S/C14H21NO/c1-5-9-6-7-11(16-4)10(8-9)12-13(15)14(12,2)3/h6-8,12-13H,5,15H2,1-4H3. The maximum Gasteiger partial charge on any atom is 0.122 e. The minimum Gasteiger partial charge on any atom is -0.496 e. The minimum atomic E-state index is 0.208. The van der Waals surface area contributed by atoms with Crippen LogP contribution in [0, 0.1) is 5.41 Å². The third kappa shape index (κ3) is 1.61. The Balaban J connectivity index is 2.39. The van der Waals surface area contributed by atoms with E-state index in [1.807, 2.05) is 0 Å². The summed E-state index contributed by atoms with van der Waals surface area (Å²) >= 11 is 0. The number of hydrogen-bond acceptors (Lipinski definition) is 2. The van der Waals surface area contributed by atoms with Gasteiger partial charge in [0, 0.05) is 12.0 Å². The zero-order valence-corrected chi connectivity index (χ0v) is 10.6. The Morgan fingerprint density at radius 1 is 1.38 bits per heavy atom. The van der Waals surface area contributed by atoms with Crippen molar-refractivity contribution in [3.63, 3.8) is 0 Å². The lowest BCUT2D eigenvalue weighted by atomic mass is 9.99. The molecule has 1 aliphatic carbocycles. The van der Waals surface area contributed by atoms with E-state index in [0.29, 0.717) is 5.92 Å². The van der Waals surface area contributed by atoms with E-state index >= 15 is 0 Å². The molecular weight excluding hydrogens is 198 g/mol. The molecule has 0 aromatic heterocycles. The van der Waals surface area contributed by atoms with Crippen LogP contribution in [0.25, 0.3) is 0 Å². The SMILES string of the molecule is CCc1ccc(OC)c(C2C(N)C2(C)C)c1. The van der Waals surface area contributed by atoms with Gasteiger partial charge in [-0.05, 0) is 29.0 Å². The molecule has 2 atom stereocenters. The lowest BCUT2D eigenvalue weighted by Gasteiger charge is -2.11. The fourth-order valence-corrected chi connectivity index (χ4v) is 2.52. The first-order valence-corrected chi connectivity index (χ1v) is 5.94. The van der Waals surface area contributed by atoms with Crippen molar-refractivity contribution in [1.82, 2.24) is 0 Å². The lowest BCUT2D eigenvalue weighted by Crippen LogP contribution is -2.06. The highest BCUT2D eigenvalue weighted by Gasteiger charge is 2.57. The van der Waals surface area contributed by atoms with E-state index in [2.05, 4.69) is 39.0 Å². The van der Waals surface area contributed by atoms with Gasteiger partial charge in [-0.25, -0.2) is 0 Å². The zero-order chi connectivity index (χ0) is 11.9. The van der Waals surface area contributed by atoms with Crippen LogP contribution in [0.2, 0.25) is 0 Å². The number of ether oxygens (including phenoxy) is 1. The normalized spacial score (nSPS) is 26.6. The Kier molecular flexibility index (Phi) is 2.70. The van der Waals surface area contributed by atoms with Crippen LogP contribution in [-0.2, 0) is 6.42 Å². The van der Waals surface area contributed by atoms with Gasteiger partial charge < -0.3 is 10.5 Å². The van der Waals surface area contributed by atoms with Crippen LogP contribution in [0.4, 0.5) is 0 Å². The molecule has 0 amide bonds. The van der Waals surface area contributed by atoms with E-state index in [9.17, 15) is 0 Å². The topological polar surface area (TPSA) is 35.2 Å². The summed E-state index contributed by atoms with van der Waals surface area (Å²) in [5.41, 5.74) is 8.97. The summed E-state index contributed by atoms with van der Waals surface area (Å²) in [6.07, 6.45) is 1.05. The highest BCUT2D eigenvalue weighted by molar-refractivity contribution is 5.46. The molecule has 1 aromatic rings. The molecule has 0 saturated heterocycles. The van der Waals surface area contributed by atoms with Crippen LogP contribution >= 0.6 is 0 Å². The van der Waals surface area contributed by atoms with Crippen LogP contribution in [0.3, 0.4) is 0 Å². The number of benzene rings is 1. The maximum absolute atomic E-state index is 6.14. The summed E-state index contributed by atoms with van der Waals surface area (Å²) in [5.74, 6) is 1.41. The van der Waals surface area contributed by atoms with Gasteiger partial charge >= 0.3 is 0 Å². The van der Waals surface area contributed by atoms with E-state index in [4.69, 9.17) is 10.5 Å². The van der Waals surface area contributed by atoms with Crippen molar-refractivity contribution in [1.29, 1.82) is 0 Å². The number of aryl methyl sites for hydroxylation is 1. The molecule has 0 bridgehead atoms. The Bertz CT molecular complexity index is 398. The second-order valence-electron chi connectivity index (χ2n) is 5.25. The molecule has 1 saturated carbocycles. The smallest absolute Gasteiger partial charge is 0.122 e. The van der Waals surface area contributed by atoms with Crippen molar-refractivity contribution in [2.24, 2.45) is 11.1 Å². The molecule has 1 fully saturated rings. The van der Waals surface area contributed by atoms with Crippen LogP contribution in [-0.4, -0.2) is 13.2 Å². The highest BCUT2D eigenvalue weighted by Crippen LogP contribution is 2.59. The van der Waals surface area contributed by atoms with Gasteiger partial charge in [0.25, 0.3) is 0 Å². The van der Waals surface area contributed by atoms with E-state index in [1.54, 1.807) is 7.11 Å². The monoisotopic (exact) mass is 219 g/mol. The predicted octanol–water partition coefficient (Wildman–Crippen LogP) is 2.71. The summed E-state index contributed by atoms with van der Waals surface area (Å²) in [6, 6.07) is 6.70. The molecule has 1 aromatic carbocycles. The quantitative estimate of drug-likeness (QED) is 0.848. The van der Waals surface area contributed by atoms with E-state index < -0.39 is 0 Å². The minimum absolute atomic E-state index is 0.208. The summed E-state index contributed by atoms with van der Waals surface area (Å²) in [5, 5.41) is 0. The van der Waals surface area contributed by atoms with Gasteiger partial charge in [-0.1, -0.05) is 32.9 Å². The van der Waals surface area contributed by atoms with Crippen LogP contribution in [0.15, 0.2) is 18.2 Å². The molecule has 2 N–H and O–H groups in total. The van der Waals surface area contributed by atoms with Crippen molar-refractivity contribution in [2.75, 3.05) is 7.11 Å². The molecule has 0 radical (unpaired) electrons. The molecule has 2 unspecified atom stereocenters. The molecule has 1 aliphatic rings. The molecule has 88 valence electrons. The average molecular weight is 219 g/mol. The number of hydrogen-bond donors (Lipinski definition) is 1. The van der Waals surface area contributed by atoms with Gasteiger partial charge in [0.1, 0.15) is 5.75 Å². The second kappa shape index (κ2) is 3.77. The average Bonchev–Trinajstić information content (AvgIpc) is 2.77. The first kappa shape index (κ1) is 11.5. The van der Waals surface area contributed by atoms with Gasteiger partial charge in [0.2, 0.25) is 0 Å². The highest BCUT2D eigenvalue weighted by atomic mass is 16.5. The third-order valence-electron chi connectivity index (χ3n) is 3.95. The van der Waals surface area contributed by atoms with Crippen molar-refractivity contribution in [3.8, 4) is 5.75 Å². The number of rotatable bonds is 3. The number of nitrogens with two attached hydrogens (primary N) is 1. The Morgan fingerprint density at radius 2 is 2.00 bits per heavy atom. The van der Waals surface area contributed by atoms with Crippen molar-refractivity contribution >= 4 is 0 Å². The van der Waals surface area contributed by atoms with Crippen LogP contribution < -0.4 is 10.5 Å². The molecule has 16 heavy (non-hydrogen) atoms. The van der Waals surface area contributed by atoms with E-state index in [0.717, 1.165) is 12.2 Å². The lowest BCUT2D eigenvalue weighted by molar-refractivity contribution is 0.407. The van der Waals surface area contributed by atoms with Crippen LogP contribution in [0.5, 0.6) is 5.75 Å². The molecule has 0 spiro atoms. The van der Waals surface area contributed by atoms with Crippen molar-refractivity contribution < 1.29 is 4.74 Å². The summed E-state index contributed by atoms with van der Waals surface area (Å²) in [6.45, 7) is 6.62. The summed E-state index contributed by atoms with van der Waals surface area (Å²) in [4.78, 5) is 0. The van der Waals surface area contributed by atoms with Gasteiger partial charge in [0.05, 0.1) is 7.11 Å². The van der Waals surface area contributed by atoms with Crippen molar-refractivity contribution in [3.05, 3.63) is 29.3 Å². The Morgan fingerprint density at radius 3 is 2.44 bits per heavy atom. The second-order valence-corrected chi connectivity index (χ2v) is 5.25. The number of methoxy groups -OCH3 is 1. The summed E-state index contributed by atoms with van der Waals surface area (Å²) in [7, 11) is 1.73. The van der Waals surface area contributed by atoms with Gasteiger partial charge in [-0.15, -0.1) is 0 Å². The molecule has 2 heteroatoms. The first-order valence-electron chi connectivity index (χ1n) is 5.94.